The lowest BCUT2D eigenvalue weighted by Crippen LogP contribution is -2.57. The Balaban J connectivity index is 2.28. The van der Waals surface area contributed by atoms with E-state index in [0.717, 1.165) is 12.1 Å². The van der Waals surface area contributed by atoms with E-state index in [2.05, 4.69) is 10.3 Å². The second-order valence-electron chi connectivity index (χ2n) is 5.60. The van der Waals surface area contributed by atoms with Gasteiger partial charge in [-0.15, -0.1) is 0 Å². The lowest BCUT2D eigenvalue weighted by molar-refractivity contribution is -0.384. The van der Waals surface area contributed by atoms with Crippen molar-refractivity contribution in [3.8, 4) is 0 Å². The van der Waals surface area contributed by atoms with Crippen LogP contribution in [0.1, 0.15) is 30.8 Å². The topological polar surface area (TPSA) is 115 Å². The number of ether oxygens (including phenoxy) is 1. The maximum Gasteiger partial charge on any atom is 0.354 e. The van der Waals surface area contributed by atoms with Crippen LogP contribution in [0.4, 0.5) is 11.5 Å². The van der Waals surface area contributed by atoms with Crippen LogP contribution in [0.3, 0.4) is 0 Å². The van der Waals surface area contributed by atoms with Crippen LogP contribution in [0.5, 0.6) is 0 Å². The average Bonchev–Trinajstić information content (AvgIpc) is 2.42. The fraction of sp³-hybridized carbons (Fsp3) is 0.538. The summed E-state index contributed by atoms with van der Waals surface area (Å²) < 4.78 is 5.32. The molecule has 0 aliphatic heterocycles. The largest absolute Gasteiger partial charge is 0.477 e. The lowest BCUT2D eigenvalue weighted by atomic mass is 9.64. The van der Waals surface area contributed by atoms with Crippen LogP contribution in [-0.4, -0.2) is 40.2 Å². The number of carbonyl (C=O) groups is 1. The van der Waals surface area contributed by atoms with E-state index in [9.17, 15) is 14.9 Å². The Kier molecular flexibility index (Phi) is 3.82. The van der Waals surface area contributed by atoms with Crippen molar-refractivity contribution in [3.05, 3.63) is 27.9 Å². The molecule has 0 radical (unpaired) electrons. The van der Waals surface area contributed by atoms with Crippen LogP contribution in [0, 0.1) is 15.5 Å². The minimum Gasteiger partial charge on any atom is -0.477 e. The van der Waals surface area contributed by atoms with Crippen LogP contribution < -0.4 is 5.32 Å². The number of hydrogen-bond donors (Lipinski definition) is 2. The van der Waals surface area contributed by atoms with Gasteiger partial charge in [0.15, 0.2) is 5.69 Å². The zero-order valence-corrected chi connectivity index (χ0v) is 12.0. The number of carboxylic acids is 1. The standard InChI is InChI=1S/C13H17N3O5/c1-13(2)9(6-10(13)21-3)15-11-8(16(19)20)5-4-7(14-11)12(17)18/h4-5,9-10H,6H2,1-3H3,(H,14,15)(H,17,18). The van der Waals surface area contributed by atoms with E-state index in [-0.39, 0.29) is 34.8 Å². The highest BCUT2D eigenvalue weighted by Gasteiger charge is 2.49. The molecule has 1 aromatic rings. The summed E-state index contributed by atoms with van der Waals surface area (Å²) in [6.45, 7) is 3.96. The van der Waals surface area contributed by atoms with E-state index >= 15 is 0 Å². The van der Waals surface area contributed by atoms with Crippen LogP contribution in [-0.2, 0) is 4.74 Å². The Labute approximate surface area is 121 Å². The molecule has 2 N–H and O–H groups in total. The van der Waals surface area contributed by atoms with Gasteiger partial charge in [0.25, 0.3) is 0 Å². The third-order valence-corrected chi connectivity index (χ3v) is 4.06. The minimum absolute atomic E-state index is 0.0208. The second kappa shape index (κ2) is 5.28. The summed E-state index contributed by atoms with van der Waals surface area (Å²) in [6.07, 6.45) is 0.733. The van der Waals surface area contributed by atoms with Gasteiger partial charge in [-0.05, 0) is 12.5 Å². The molecule has 1 saturated carbocycles. The number of nitrogens with zero attached hydrogens (tertiary/aromatic N) is 2. The molecule has 0 bridgehead atoms. The molecule has 114 valence electrons. The molecule has 8 heteroatoms. The molecule has 21 heavy (non-hydrogen) atoms. The average molecular weight is 295 g/mol. The Morgan fingerprint density at radius 2 is 2.24 bits per heavy atom. The van der Waals surface area contributed by atoms with Crippen molar-refractivity contribution in [2.45, 2.75) is 32.4 Å². The van der Waals surface area contributed by atoms with E-state index in [4.69, 9.17) is 9.84 Å². The molecule has 0 aromatic carbocycles. The van der Waals surface area contributed by atoms with E-state index in [0.29, 0.717) is 6.42 Å². The van der Waals surface area contributed by atoms with Crippen molar-refractivity contribution in [1.82, 2.24) is 4.98 Å². The van der Waals surface area contributed by atoms with Gasteiger partial charge >= 0.3 is 11.7 Å². The molecule has 2 atom stereocenters. The SMILES string of the molecule is COC1CC(Nc2nc(C(=O)O)ccc2[N+](=O)[O-])C1(C)C. The second-order valence-corrected chi connectivity index (χ2v) is 5.60. The number of anilines is 1. The van der Waals surface area contributed by atoms with Gasteiger partial charge in [0.2, 0.25) is 5.82 Å². The van der Waals surface area contributed by atoms with Gasteiger partial charge in [-0.3, -0.25) is 10.1 Å². The minimum atomic E-state index is -1.23. The summed E-state index contributed by atoms with van der Waals surface area (Å²) >= 11 is 0. The number of pyridine rings is 1. The Morgan fingerprint density at radius 1 is 1.57 bits per heavy atom. The zero-order valence-electron chi connectivity index (χ0n) is 12.0. The van der Waals surface area contributed by atoms with Crippen LogP contribution in [0.25, 0.3) is 0 Å². The van der Waals surface area contributed by atoms with E-state index < -0.39 is 10.9 Å². The summed E-state index contributed by atoms with van der Waals surface area (Å²) in [6, 6.07) is 2.20. The number of nitro groups is 1. The monoisotopic (exact) mass is 295 g/mol. The van der Waals surface area contributed by atoms with Crippen LogP contribution in [0.2, 0.25) is 0 Å². The third kappa shape index (κ3) is 2.66. The lowest BCUT2D eigenvalue weighted by Gasteiger charge is -2.51. The molecule has 1 aromatic heterocycles. The van der Waals surface area contributed by atoms with Crippen LogP contribution >= 0.6 is 0 Å². The Bertz CT molecular complexity index is 587. The fourth-order valence-corrected chi connectivity index (χ4v) is 2.52. The van der Waals surface area contributed by atoms with Gasteiger partial charge in [0.1, 0.15) is 0 Å². The molecule has 2 unspecified atom stereocenters. The van der Waals surface area contributed by atoms with Gasteiger partial charge in [-0.25, -0.2) is 9.78 Å². The predicted octanol–water partition coefficient (Wildman–Crippen LogP) is 1.91. The van der Waals surface area contributed by atoms with Gasteiger partial charge in [-0.2, -0.15) is 0 Å². The highest BCUT2D eigenvalue weighted by Crippen LogP contribution is 2.44. The Morgan fingerprint density at radius 3 is 2.71 bits per heavy atom. The first kappa shape index (κ1) is 15.2. The molecular formula is C13H17N3O5. The molecule has 8 nitrogen and oxygen atoms in total. The van der Waals surface area contributed by atoms with Crippen molar-refractivity contribution in [3.63, 3.8) is 0 Å². The number of aromatic carboxylic acids is 1. The number of hydrogen-bond acceptors (Lipinski definition) is 6. The van der Waals surface area contributed by atoms with Gasteiger partial charge in [0.05, 0.1) is 11.0 Å². The first-order valence-corrected chi connectivity index (χ1v) is 6.45. The molecule has 1 aliphatic carbocycles. The number of methoxy groups -OCH3 is 1. The van der Waals surface area contributed by atoms with Crippen molar-refractivity contribution in [2.24, 2.45) is 5.41 Å². The first-order valence-electron chi connectivity index (χ1n) is 6.45. The predicted molar refractivity (Wildman–Crippen MR) is 74.5 cm³/mol. The molecule has 2 rings (SSSR count). The van der Waals surface area contributed by atoms with Crippen molar-refractivity contribution in [1.29, 1.82) is 0 Å². The summed E-state index contributed by atoms with van der Waals surface area (Å²) in [5, 5.41) is 23.0. The third-order valence-electron chi connectivity index (χ3n) is 4.06. The highest BCUT2D eigenvalue weighted by atomic mass is 16.6. The summed E-state index contributed by atoms with van der Waals surface area (Å²) in [7, 11) is 1.62. The molecule has 1 heterocycles. The molecule has 0 saturated heterocycles. The normalized spacial score (nSPS) is 23.2. The van der Waals surface area contributed by atoms with Crippen molar-refractivity contribution < 1.29 is 19.6 Å². The Hall–Kier alpha value is -2.22. The van der Waals surface area contributed by atoms with Gasteiger partial charge in [0, 0.05) is 24.6 Å². The maximum atomic E-state index is 11.0. The summed E-state index contributed by atoms with van der Waals surface area (Å²) in [5.74, 6) is -1.25. The number of nitrogens with one attached hydrogen (secondary N) is 1. The molecule has 0 amide bonds. The smallest absolute Gasteiger partial charge is 0.354 e. The van der Waals surface area contributed by atoms with Gasteiger partial charge in [-0.1, -0.05) is 13.8 Å². The van der Waals surface area contributed by atoms with Crippen LogP contribution in [0.15, 0.2) is 12.1 Å². The van der Waals surface area contributed by atoms with E-state index in [1.54, 1.807) is 7.11 Å². The fourth-order valence-electron chi connectivity index (χ4n) is 2.52. The molecule has 1 fully saturated rings. The first-order chi connectivity index (χ1) is 9.77. The summed E-state index contributed by atoms with van der Waals surface area (Å²) in [5.41, 5.74) is -0.691. The van der Waals surface area contributed by atoms with E-state index in [1.165, 1.54) is 0 Å². The van der Waals surface area contributed by atoms with Gasteiger partial charge < -0.3 is 15.2 Å². The maximum absolute atomic E-state index is 11.0. The van der Waals surface area contributed by atoms with Crippen molar-refractivity contribution in [2.75, 3.05) is 12.4 Å². The highest BCUT2D eigenvalue weighted by molar-refractivity contribution is 5.86. The number of rotatable bonds is 5. The van der Waals surface area contributed by atoms with E-state index in [1.807, 2.05) is 13.8 Å². The number of carboxylic acid groups (broad SMARTS) is 1. The quantitative estimate of drug-likeness (QED) is 0.629. The zero-order chi connectivity index (χ0) is 15.8. The molecule has 0 spiro atoms. The summed E-state index contributed by atoms with van der Waals surface area (Å²) in [4.78, 5) is 25.2. The van der Waals surface area contributed by atoms with Crippen molar-refractivity contribution >= 4 is 17.5 Å². The number of aromatic nitrogens is 1. The molecule has 1 aliphatic rings. The molecular weight excluding hydrogens is 278 g/mol.